The second kappa shape index (κ2) is 8.89. The molecule has 0 saturated carbocycles. The predicted octanol–water partition coefficient (Wildman–Crippen LogP) is 3.33. The van der Waals surface area contributed by atoms with Crippen LogP contribution >= 0.6 is 23.8 Å². The second-order valence-corrected chi connectivity index (χ2v) is 7.69. The monoisotopic (exact) mass is 424 g/mol. The highest BCUT2D eigenvalue weighted by Crippen LogP contribution is 2.23. The summed E-state index contributed by atoms with van der Waals surface area (Å²) in [5, 5.41) is 5.54. The van der Waals surface area contributed by atoms with Crippen molar-refractivity contribution in [3.05, 3.63) is 58.6 Å². The summed E-state index contributed by atoms with van der Waals surface area (Å²) < 4.78 is 4.51. The van der Waals surface area contributed by atoms with E-state index in [0.717, 1.165) is 43.3 Å². The first-order valence-corrected chi connectivity index (χ1v) is 10.2. The zero-order valence-corrected chi connectivity index (χ0v) is 17.5. The van der Waals surface area contributed by atoms with Gasteiger partial charge < -0.3 is 0 Å². The Bertz CT molecular complexity index is 1060. The molecule has 3 heterocycles. The van der Waals surface area contributed by atoms with Gasteiger partial charge in [-0.1, -0.05) is 17.5 Å². The fourth-order valence-corrected chi connectivity index (χ4v) is 3.83. The molecule has 1 aliphatic rings. The van der Waals surface area contributed by atoms with E-state index >= 15 is 0 Å². The molecule has 0 atom stereocenters. The Morgan fingerprint density at radius 3 is 2.31 bits per heavy atom. The van der Waals surface area contributed by atoms with Crippen LogP contribution in [0.15, 0.2) is 48.8 Å². The van der Waals surface area contributed by atoms with Crippen LogP contribution in [-0.4, -0.2) is 61.9 Å². The van der Waals surface area contributed by atoms with Crippen LogP contribution in [-0.2, 0) is 6.67 Å². The first kappa shape index (κ1) is 19.8. The largest absolute Gasteiger partial charge is 0.290 e. The van der Waals surface area contributed by atoms with Crippen LogP contribution in [0.2, 0.25) is 5.02 Å². The molecule has 8 heteroatoms. The Kier molecular flexibility index (Phi) is 6.07. The average Bonchev–Trinajstić information content (AvgIpc) is 3.07. The van der Waals surface area contributed by atoms with E-state index in [1.807, 2.05) is 45.6 Å². The lowest BCUT2D eigenvalue weighted by Gasteiger charge is -2.33. The number of rotatable bonds is 5. The fourth-order valence-electron chi connectivity index (χ4n) is 3.42. The van der Waals surface area contributed by atoms with Gasteiger partial charge in [0.05, 0.1) is 18.9 Å². The van der Waals surface area contributed by atoms with Gasteiger partial charge in [0.15, 0.2) is 5.82 Å². The molecule has 0 amide bonds. The quantitative estimate of drug-likeness (QED) is 0.464. The third kappa shape index (κ3) is 4.41. The van der Waals surface area contributed by atoms with E-state index in [0.29, 0.717) is 23.0 Å². The topological polar surface area (TPSA) is 42.1 Å². The van der Waals surface area contributed by atoms with Crippen molar-refractivity contribution in [1.82, 2.24) is 29.1 Å². The molecule has 0 radical (unpaired) electrons. The van der Waals surface area contributed by atoms with E-state index in [9.17, 15) is 0 Å². The smallest absolute Gasteiger partial charge is 0.204 e. The number of aromatic nitrogens is 4. The summed E-state index contributed by atoms with van der Waals surface area (Å²) in [4.78, 5) is 8.74. The van der Waals surface area contributed by atoms with E-state index in [-0.39, 0.29) is 0 Å². The SMILES string of the molecule is C#CCN1CCN(Cn2nc(-c3ccncc3)n(-c3ccc(Cl)cc3)c2=S)CC1. The van der Waals surface area contributed by atoms with Crippen LogP contribution in [0.5, 0.6) is 0 Å². The van der Waals surface area contributed by atoms with Crippen LogP contribution in [0.3, 0.4) is 0 Å². The lowest BCUT2D eigenvalue weighted by molar-refractivity contribution is 0.111. The molecule has 2 aromatic heterocycles. The summed E-state index contributed by atoms with van der Waals surface area (Å²) in [6.45, 7) is 5.11. The number of hydrogen-bond acceptors (Lipinski definition) is 5. The molecule has 3 aromatic rings. The highest BCUT2D eigenvalue weighted by molar-refractivity contribution is 7.71. The summed E-state index contributed by atoms with van der Waals surface area (Å²) in [5.41, 5.74) is 1.88. The summed E-state index contributed by atoms with van der Waals surface area (Å²) in [6.07, 6.45) is 8.94. The molecule has 0 N–H and O–H groups in total. The van der Waals surface area contributed by atoms with Crippen LogP contribution in [0.25, 0.3) is 17.1 Å². The molecule has 29 heavy (non-hydrogen) atoms. The molecule has 1 aliphatic heterocycles. The van der Waals surface area contributed by atoms with Crippen LogP contribution in [0, 0.1) is 17.1 Å². The second-order valence-electron chi connectivity index (χ2n) is 6.89. The van der Waals surface area contributed by atoms with Gasteiger partial charge in [-0.2, -0.15) is 0 Å². The molecule has 0 bridgehead atoms. The van der Waals surface area contributed by atoms with Gasteiger partial charge in [-0.05, 0) is 48.6 Å². The highest BCUT2D eigenvalue weighted by atomic mass is 35.5. The van der Waals surface area contributed by atoms with Crippen molar-refractivity contribution in [3.8, 4) is 29.4 Å². The lowest BCUT2D eigenvalue weighted by Crippen LogP contribution is -2.46. The maximum absolute atomic E-state index is 6.08. The van der Waals surface area contributed by atoms with Crippen LogP contribution < -0.4 is 0 Å². The molecule has 1 aromatic carbocycles. The maximum Gasteiger partial charge on any atom is 0.204 e. The Labute approximate surface area is 180 Å². The molecule has 148 valence electrons. The summed E-state index contributed by atoms with van der Waals surface area (Å²) >= 11 is 11.9. The molecule has 4 rings (SSSR count). The van der Waals surface area contributed by atoms with Gasteiger partial charge in [0.2, 0.25) is 4.77 Å². The highest BCUT2D eigenvalue weighted by Gasteiger charge is 2.19. The van der Waals surface area contributed by atoms with Gasteiger partial charge >= 0.3 is 0 Å². The van der Waals surface area contributed by atoms with Gasteiger partial charge in [-0.3, -0.25) is 19.4 Å². The minimum atomic E-state index is 0.640. The van der Waals surface area contributed by atoms with E-state index in [2.05, 4.69) is 20.7 Å². The van der Waals surface area contributed by atoms with E-state index < -0.39 is 0 Å². The lowest BCUT2D eigenvalue weighted by atomic mass is 10.2. The molecule has 1 fully saturated rings. The first-order chi connectivity index (χ1) is 14.2. The third-order valence-corrected chi connectivity index (χ3v) is 5.62. The number of piperazine rings is 1. The normalized spacial score (nSPS) is 15.3. The number of hydrogen-bond donors (Lipinski definition) is 0. The Morgan fingerprint density at radius 2 is 1.66 bits per heavy atom. The Hall–Kier alpha value is -2.50. The van der Waals surface area contributed by atoms with E-state index in [4.69, 9.17) is 35.3 Å². The van der Waals surface area contributed by atoms with Crippen molar-refractivity contribution in [2.75, 3.05) is 32.7 Å². The molecular formula is C21H21ClN6S. The van der Waals surface area contributed by atoms with Crippen molar-refractivity contribution in [1.29, 1.82) is 0 Å². The van der Waals surface area contributed by atoms with E-state index in [1.54, 1.807) is 12.4 Å². The van der Waals surface area contributed by atoms with Crippen molar-refractivity contribution in [2.24, 2.45) is 0 Å². The van der Waals surface area contributed by atoms with Gasteiger partial charge in [0, 0.05) is 49.2 Å². The Morgan fingerprint density at radius 1 is 1.00 bits per heavy atom. The zero-order chi connectivity index (χ0) is 20.2. The standard InChI is InChI=1S/C21H21ClN6S/c1-2-11-25-12-14-26(15-13-25)16-27-21(29)28(19-5-3-18(22)4-6-19)20(24-27)17-7-9-23-10-8-17/h1,3-10H,11-16H2. The van der Waals surface area contributed by atoms with Gasteiger partial charge in [0.25, 0.3) is 0 Å². The molecule has 0 spiro atoms. The Balaban J connectivity index is 1.66. The molecule has 0 aliphatic carbocycles. The van der Waals surface area contributed by atoms with Gasteiger partial charge in [0.1, 0.15) is 0 Å². The number of terminal acetylenes is 1. The molecule has 6 nitrogen and oxygen atoms in total. The third-order valence-electron chi connectivity index (χ3n) is 4.98. The van der Waals surface area contributed by atoms with Crippen molar-refractivity contribution < 1.29 is 0 Å². The predicted molar refractivity (Wildman–Crippen MR) is 117 cm³/mol. The number of pyridine rings is 1. The van der Waals surface area contributed by atoms with Crippen LogP contribution in [0.1, 0.15) is 0 Å². The maximum atomic E-state index is 6.08. The summed E-state index contributed by atoms with van der Waals surface area (Å²) in [5.74, 6) is 3.50. The fraction of sp³-hybridized carbons (Fsp3) is 0.286. The minimum Gasteiger partial charge on any atom is -0.290 e. The van der Waals surface area contributed by atoms with Crippen LogP contribution in [0.4, 0.5) is 0 Å². The number of benzene rings is 1. The van der Waals surface area contributed by atoms with Crippen molar-refractivity contribution in [2.45, 2.75) is 6.67 Å². The summed E-state index contributed by atoms with van der Waals surface area (Å²) in [7, 11) is 0. The first-order valence-electron chi connectivity index (χ1n) is 9.40. The van der Waals surface area contributed by atoms with Gasteiger partial charge in [-0.15, -0.1) is 11.5 Å². The number of nitrogens with zero attached hydrogens (tertiary/aromatic N) is 6. The molecule has 0 unspecified atom stereocenters. The summed E-state index contributed by atoms with van der Waals surface area (Å²) in [6, 6.07) is 11.5. The molecular weight excluding hydrogens is 404 g/mol. The van der Waals surface area contributed by atoms with Gasteiger partial charge in [-0.25, -0.2) is 4.68 Å². The minimum absolute atomic E-state index is 0.640. The number of halogens is 1. The van der Waals surface area contributed by atoms with Crippen molar-refractivity contribution in [3.63, 3.8) is 0 Å². The molecule has 1 saturated heterocycles. The van der Waals surface area contributed by atoms with Crippen molar-refractivity contribution >= 4 is 23.8 Å². The average molecular weight is 425 g/mol. The zero-order valence-electron chi connectivity index (χ0n) is 15.9. The van der Waals surface area contributed by atoms with E-state index in [1.165, 1.54) is 0 Å².